The summed E-state index contributed by atoms with van der Waals surface area (Å²) in [6, 6.07) is 28.8. The summed E-state index contributed by atoms with van der Waals surface area (Å²) in [5.74, 6) is -0.725. The molecule has 0 radical (unpaired) electrons. The van der Waals surface area contributed by atoms with E-state index in [2.05, 4.69) is 29.8 Å². The summed E-state index contributed by atoms with van der Waals surface area (Å²) >= 11 is 13.7. The normalized spacial score (nSPS) is 12.0. The van der Waals surface area contributed by atoms with Gasteiger partial charge < -0.3 is 16.0 Å². The minimum absolute atomic E-state index is 0.0958. The molecule has 1 unspecified atom stereocenters. The van der Waals surface area contributed by atoms with Gasteiger partial charge in [0.25, 0.3) is 11.8 Å². The van der Waals surface area contributed by atoms with Gasteiger partial charge in [-0.2, -0.15) is 0 Å². The number of halogens is 2. The van der Waals surface area contributed by atoms with Crippen LogP contribution in [0.5, 0.6) is 0 Å². The lowest BCUT2D eigenvalue weighted by Crippen LogP contribution is -2.30. The molecule has 1 atom stereocenters. The highest BCUT2D eigenvalue weighted by molar-refractivity contribution is 8.00. The highest BCUT2D eigenvalue weighted by Gasteiger charge is 2.20. The van der Waals surface area contributed by atoms with Gasteiger partial charge in [0.2, 0.25) is 5.91 Å². The van der Waals surface area contributed by atoms with E-state index in [0.29, 0.717) is 34.3 Å². The minimum Gasteiger partial charge on any atom is -0.324 e. The molecule has 4 aromatic carbocycles. The van der Waals surface area contributed by atoms with Crippen LogP contribution in [-0.2, 0) is 9.59 Å². The first-order valence-corrected chi connectivity index (χ1v) is 15.8. The monoisotopic (exact) mass is 645 g/mol. The summed E-state index contributed by atoms with van der Waals surface area (Å²) in [6.45, 7) is 6.14. The Labute approximate surface area is 272 Å². The maximum Gasteiger partial charge on any atom is 0.272 e. The van der Waals surface area contributed by atoms with Crippen molar-refractivity contribution < 1.29 is 14.4 Å². The largest absolute Gasteiger partial charge is 0.324 e. The fraction of sp³-hybridized carbons (Fsp3) is 0.171. The number of hydrogen-bond donors (Lipinski definition) is 3. The molecule has 44 heavy (non-hydrogen) atoms. The number of thioether (sulfide) groups is 1. The van der Waals surface area contributed by atoms with Crippen LogP contribution in [0.1, 0.15) is 54.6 Å². The summed E-state index contributed by atoms with van der Waals surface area (Å²) in [5, 5.41) is 8.74. The molecule has 3 amide bonds. The van der Waals surface area contributed by atoms with E-state index >= 15 is 0 Å². The lowest BCUT2D eigenvalue weighted by atomic mass is 10.0. The second-order valence-electron chi connectivity index (χ2n) is 10.3. The standard InChI is InChI=1S/C35H33Cl2N3O3S/c1-4-31(35(43)39-29-15-9-14-28(36)32(29)37)44-27-13-8-12-26(21-27)38-34(42)30(40-33(41)25-10-6-5-7-11-25)20-23-16-18-24(19-17-23)22(2)3/h5-22,31H,4H2,1-3H3,(H,38,42)(H,39,43)(H,40,41)/b30-20+. The van der Waals surface area contributed by atoms with E-state index in [1.807, 2.05) is 43.3 Å². The SMILES string of the molecule is CCC(Sc1cccc(NC(=O)/C(=C\c2ccc(C(C)C)cc2)NC(=O)c2ccccc2)c1)C(=O)Nc1cccc(Cl)c1Cl. The Kier molecular flexibility index (Phi) is 11.7. The molecule has 0 saturated carbocycles. The third-order valence-corrected chi connectivity index (χ3v) is 8.86. The van der Waals surface area contributed by atoms with E-state index in [4.69, 9.17) is 23.2 Å². The van der Waals surface area contributed by atoms with E-state index in [0.717, 1.165) is 10.5 Å². The molecule has 0 aromatic heterocycles. The third-order valence-electron chi connectivity index (χ3n) is 6.69. The number of anilines is 2. The smallest absolute Gasteiger partial charge is 0.272 e. The van der Waals surface area contributed by atoms with Crippen LogP contribution in [0.4, 0.5) is 11.4 Å². The molecular formula is C35H33Cl2N3O3S. The first kappa shape index (κ1) is 32.9. The zero-order valence-corrected chi connectivity index (χ0v) is 26.9. The second-order valence-corrected chi connectivity index (χ2v) is 12.3. The van der Waals surface area contributed by atoms with Crippen molar-refractivity contribution in [2.75, 3.05) is 10.6 Å². The molecule has 0 heterocycles. The molecule has 226 valence electrons. The topological polar surface area (TPSA) is 87.3 Å². The van der Waals surface area contributed by atoms with E-state index in [-0.39, 0.29) is 16.6 Å². The van der Waals surface area contributed by atoms with Crippen LogP contribution in [-0.4, -0.2) is 23.0 Å². The number of benzene rings is 4. The van der Waals surface area contributed by atoms with Crippen molar-refractivity contribution in [3.63, 3.8) is 0 Å². The molecule has 0 fully saturated rings. The maximum absolute atomic E-state index is 13.5. The lowest BCUT2D eigenvalue weighted by Gasteiger charge is -2.16. The average molecular weight is 647 g/mol. The van der Waals surface area contributed by atoms with Gasteiger partial charge in [-0.3, -0.25) is 14.4 Å². The van der Waals surface area contributed by atoms with Gasteiger partial charge in [0, 0.05) is 16.1 Å². The number of hydrogen-bond acceptors (Lipinski definition) is 4. The van der Waals surface area contributed by atoms with Crippen molar-refractivity contribution in [3.8, 4) is 0 Å². The van der Waals surface area contributed by atoms with E-state index < -0.39 is 17.1 Å². The van der Waals surface area contributed by atoms with Gasteiger partial charge in [0.1, 0.15) is 5.70 Å². The molecular weight excluding hydrogens is 613 g/mol. The molecule has 4 aromatic rings. The number of nitrogens with one attached hydrogen (secondary N) is 3. The Balaban J connectivity index is 1.52. The summed E-state index contributed by atoms with van der Waals surface area (Å²) < 4.78 is 0. The molecule has 0 aliphatic heterocycles. The van der Waals surface area contributed by atoms with Crippen LogP contribution in [0.3, 0.4) is 0 Å². The number of carbonyl (C=O) groups excluding carboxylic acids is 3. The van der Waals surface area contributed by atoms with Crippen molar-refractivity contribution in [2.45, 2.75) is 43.3 Å². The van der Waals surface area contributed by atoms with Crippen LogP contribution in [0.15, 0.2) is 108 Å². The lowest BCUT2D eigenvalue weighted by molar-refractivity contribution is -0.116. The van der Waals surface area contributed by atoms with Crippen molar-refractivity contribution >= 4 is 70.1 Å². The Morgan fingerprint density at radius 3 is 2.23 bits per heavy atom. The minimum atomic E-state index is -0.482. The van der Waals surface area contributed by atoms with E-state index in [1.165, 1.54) is 17.3 Å². The maximum atomic E-state index is 13.5. The van der Waals surface area contributed by atoms with Gasteiger partial charge >= 0.3 is 0 Å². The van der Waals surface area contributed by atoms with Crippen molar-refractivity contribution in [2.24, 2.45) is 0 Å². The van der Waals surface area contributed by atoms with Crippen molar-refractivity contribution in [1.82, 2.24) is 5.32 Å². The molecule has 0 aliphatic rings. The van der Waals surface area contributed by atoms with Gasteiger partial charge in [0.15, 0.2) is 0 Å². The molecule has 0 aliphatic carbocycles. The van der Waals surface area contributed by atoms with E-state index in [1.54, 1.807) is 66.7 Å². The highest BCUT2D eigenvalue weighted by Crippen LogP contribution is 2.32. The molecule has 0 saturated heterocycles. The summed E-state index contributed by atoms with van der Waals surface area (Å²) in [7, 11) is 0. The highest BCUT2D eigenvalue weighted by atomic mass is 35.5. The molecule has 0 spiro atoms. The average Bonchev–Trinajstić information content (AvgIpc) is 3.02. The van der Waals surface area contributed by atoms with Gasteiger partial charge in [-0.05, 0) is 72.0 Å². The quantitative estimate of drug-likeness (QED) is 0.112. The van der Waals surface area contributed by atoms with E-state index in [9.17, 15) is 14.4 Å². The summed E-state index contributed by atoms with van der Waals surface area (Å²) in [6.07, 6.45) is 2.20. The Morgan fingerprint density at radius 1 is 0.841 bits per heavy atom. The van der Waals surface area contributed by atoms with Crippen LogP contribution in [0.2, 0.25) is 10.0 Å². The second kappa shape index (κ2) is 15.6. The number of carbonyl (C=O) groups is 3. The van der Waals surface area contributed by atoms with Crippen molar-refractivity contribution in [3.05, 3.63) is 129 Å². The molecule has 4 rings (SSSR count). The van der Waals surface area contributed by atoms with Gasteiger partial charge in [0.05, 0.1) is 21.0 Å². The van der Waals surface area contributed by atoms with Gasteiger partial charge in [-0.15, -0.1) is 11.8 Å². The fourth-order valence-electron chi connectivity index (χ4n) is 4.23. The molecule has 6 nitrogen and oxygen atoms in total. The Hall–Kier alpha value is -4.04. The van der Waals surface area contributed by atoms with Crippen LogP contribution in [0, 0.1) is 0 Å². The summed E-state index contributed by atoms with van der Waals surface area (Å²) in [5.41, 5.74) is 3.43. The van der Waals surface area contributed by atoms with Crippen LogP contribution in [0.25, 0.3) is 6.08 Å². The zero-order valence-electron chi connectivity index (χ0n) is 24.6. The molecule has 9 heteroatoms. The first-order chi connectivity index (χ1) is 21.1. The predicted molar refractivity (Wildman–Crippen MR) is 183 cm³/mol. The Morgan fingerprint density at radius 2 is 1.55 bits per heavy atom. The zero-order chi connectivity index (χ0) is 31.6. The number of amides is 3. The van der Waals surface area contributed by atoms with Gasteiger partial charge in [-0.1, -0.05) is 98.6 Å². The Bertz CT molecular complexity index is 1660. The first-order valence-electron chi connectivity index (χ1n) is 14.2. The van der Waals surface area contributed by atoms with Crippen molar-refractivity contribution in [1.29, 1.82) is 0 Å². The van der Waals surface area contributed by atoms with Crippen LogP contribution < -0.4 is 16.0 Å². The molecule has 0 bridgehead atoms. The number of rotatable bonds is 11. The predicted octanol–water partition coefficient (Wildman–Crippen LogP) is 9.04. The third kappa shape index (κ3) is 8.99. The fourth-order valence-corrected chi connectivity index (χ4v) is 5.59. The van der Waals surface area contributed by atoms with Crippen LogP contribution >= 0.6 is 35.0 Å². The summed E-state index contributed by atoms with van der Waals surface area (Å²) in [4.78, 5) is 40.4. The van der Waals surface area contributed by atoms with Gasteiger partial charge in [-0.25, -0.2) is 0 Å². The molecule has 3 N–H and O–H groups in total.